The molecule has 6 nitrogen and oxygen atoms in total. The number of benzene rings is 3. The highest BCUT2D eigenvalue weighted by Gasteiger charge is 2.15. The lowest BCUT2D eigenvalue weighted by Crippen LogP contribution is -2.33. The molecule has 0 saturated carbocycles. The molecule has 4 rings (SSSR count). The van der Waals surface area contributed by atoms with Gasteiger partial charge in [-0.15, -0.1) is 0 Å². The van der Waals surface area contributed by atoms with Crippen LogP contribution in [0.15, 0.2) is 87.3 Å². The highest BCUT2D eigenvalue weighted by atomic mass is 16.5. The smallest absolute Gasteiger partial charge is 0.280 e. The van der Waals surface area contributed by atoms with Gasteiger partial charge in [-0.25, -0.2) is 5.43 Å². The fourth-order valence-electron chi connectivity index (χ4n) is 2.98. The van der Waals surface area contributed by atoms with Crippen molar-refractivity contribution in [3.63, 3.8) is 0 Å². The highest BCUT2D eigenvalue weighted by molar-refractivity contribution is 5.90. The number of amides is 1. The van der Waals surface area contributed by atoms with E-state index in [9.17, 15) is 9.59 Å². The molecule has 0 saturated heterocycles. The minimum atomic E-state index is -0.772. The summed E-state index contributed by atoms with van der Waals surface area (Å²) in [7, 11) is 0. The number of carbonyl (C=O) groups excluding carboxylic acids is 1. The lowest BCUT2D eigenvalue weighted by Gasteiger charge is -2.14. The van der Waals surface area contributed by atoms with Gasteiger partial charge in [0, 0.05) is 5.39 Å². The molecule has 3 aromatic carbocycles. The van der Waals surface area contributed by atoms with E-state index in [1.54, 1.807) is 31.2 Å². The molecule has 4 aromatic rings. The standard InChI is InChI=1S/C23H18N2O4/c1-15(29-21-12-6-8-16-7-2-3-9-18(16)21)23(27)25-24-13-17-14-28-20-11-5-4-10-19(20)22(17)26/h2-15H,1H3,(H,25,27)/b24-13-/t15-/m0/s1. The Labute approximate surface area is 166 Å². The van der Waals surface area contributed by atoms with Gasteiger partial charge < -0.3 is 9.15 Å². The first kappa shape index (κ1) is 18.4. The van der Waals surface area contributed by atoms with E-state index in [1.807, 2.05) is 42.5 Å². The molecule has 1 heterocycles. The van der Waals surface area contributed by atoms with E-state index < -0.39 is 12.0 Å². The zero-order chi connectivity index (χ0) is 20.2. The van der Waals surface area contributed by atoms with Gasteiger partial charge in [0.05, 0.1) is 17.2 Å². The average molecular weight is 386 g/mol. The van der Waals surface area contributed by atoms with Crippen LogP contribution in [0.4, 0.5) is 0 Å². The van der Waals surface area contributed by atoms with Gasteiger partial charge >= 0.3 is 0 Å². The molecule has 144 valence electrons. The molecule has 6 heteroatoms. The zero-order valence-corrected chi connectivity index (χ0v) is 15.7. The minimum absolute atomic E-state index is 0.218. The molecule has 1 atom stereocenters. The van der Waals surface area contributed by atoms with Crippen molar-refractivity contribution < 1.29 is 13.9 Å². The lowest BCUT2D eigenvalue weighted by molar-refractivity contribution is -0.127. The Bertz CT molecular complexity index is 1270. The van der Waals surface area contributed by atoms with Gasteiger partial charge in [-0.1, -0.05) is 48.5 Å². The van der Waals surface area contributed by atoms with Crippen LogP contribution in [-0.2, 0) is 4.79 Å². The molecule has 0 fully saturated rings. The number of hydrazone groups is 1. The Hall–Kier alpha value is -3.93. The van der Waals surface area contributed by atoms with Crippen LogP contribution in [-0.4, -0.2) is 18.2 Å². The van der Waals surface area contributed by atoms with Crippen LogP contribution >= 0.6 is 0 Å². The molecule has 1 aromatic heterocycles. The van der Waals surface area contributed by atoms with E-state index in [1.165, 1.54) is 12.5 Å². The predicted octanol–water partition coefficient (Wildman–Crippen LogP) is 3.86. The molecule has 0 aliphatic carbocycles. The summed E-state index contributed by atoms with van der Waals surface area (Å²) in [5, 5.41) is 6.27. The SMILES string of the molecule is C[C@H](Oc1cccc2ccccc12)C(=O)N/N=C\c1coc2ccccc2c1=O. The fraction of sp³-hybridized carbons (Fsp3) is 0.0870. The maximum Gasteiger partial charge on any atom is 0.280 e. The minimum Gasteiger partial charge on any atom is -0.480 e. The van der Waals surface area contributed by atoms with Crippen LogP contribution in [0.2, 0.25) is 0 Å². The van der Waals surface area contributed by atoms with Crippen LogP contribution in [0.25, 0.3) is 21.7 Å². The quantitative estimate of drug-likeness (QED) is 0.417. The second-order valence-corrected chi connectivity index (χ2v) is 6.49. The van der Waals surface area contributed by atoms with Crippen molar-refractivity contribution in [2.24, 2.45) is 5.10 Å². The molecule has 0 aliphatic rings. The lowest BCUT2D eigenvalue weighted by atomic mass is 10.1. The van der Waals surface area contributed by atoms with Crippen molar-refractivity contribution in [3.05, 3.63) is 88.8 Å². The molecule has 29 heavy (non-hydrogen) atoms. The van der Waals surface area contributed by atoms with E-state index in [-0.39, 0.29) is 11.0 Å². The predicted molar refractivity (Wildman–Crippen MR) is 112 cm³/mol. The van der Waals surface area contributed by atoms with E-state index in [2.05, 4.69) is 10.5 Å². The summed E-state index contributed by atoms with van der Waals surface area (Å²) in [5.41, 5.74) is 2.92. The Morgan fingerprint density at radius 1 is 1.03 bits per heavy atom. The molecular weight excluding hydrogens is 368 g/mol. The zero-order valence-electron chi connectivity index (χ0n) is 15.7. The normalized spacial score (nSPS) is 12.3. The van der Waals surface area contributed by atoms with Crippen molar-refractivity contribution >= 4 is 33.9 Å². The third-order valence-corrected chi connectivity index (χ3v) is 4.51. The van der Waals surface area contributed by atoms with E-state index >= 15 is 0 Å². The van der Waals surface area contributed by atoms with Crippen molar-refractivity contribution in [2.75, 3.05) is 0 Å². The highest BCUT2D eigenvalue weighted by Crippen LogP contribution is 2.26. The molecule has 0 aliphatic heterocycles. The molecule has 1 amide bonds. The van der Waals surface area contributed by atoms with Crippen molar-refractivity contribution in [1.82, 2.24) is 5.43 Å². The summed E-state index contributed by atoms with van der Waals surface area (Å²) in [5.74, 6) is 0.185. The van der Waals surface area contributed by atoms with Gasteiger partial charge in [0.25, 0.3) is 5.91 Å². The Balaban J connectivity index is 1.45. The number of hydrogen-bond acceptors (Lipinski definition) is 5. The van der Waals surface area contributed by atoms with Gasteiger partial charge in [0.15, 0.2) is 6.10 Å². The first-order valence-corrected chi connectivity index (χ1v) is 9.11. The summed E-state index contributed by atoms with van der Waals surface area (Å²) >= 11 is 0. The number of nitrogens with zero attached hydrogens (tertiary/aromatic N) is 1. The first-order chi connectivity index (χ1) is 14.1. The van der Waals surface area contributed by atoms with Gasteiger partial charge in [-0.3, -0.25) is 9.59 Å². The van der Waals surface area contributed by atoms with Crippen LogP contribution in [0.1, 0.15) is 12.5 Å². The number of nitrogens with one attached hydrogen (secondary N) is 1. The number of carbonyl (C=O) groups is 1. The summed E-state index contributed by atoms with van der Waals surface area (Å²) in [6.07, 6.45) is 1.81. The summed E-state index contributed by atoms with van der Waals surface area (Å²) in [4.78, 5) is 24.7. The van der Waals surface area contributed by atoms with Crippen molar-refractivity contribution in [1.29, 1.82) is 0 Å². The third kappa shape index (κ3) is 3.87. The third-order valence-electron chi connectivity index (χ3n) is 4.51. The molecule has 0 unspecified atom stereocenters. The fourth-order valence-corrected chi connectivity index (χ4v) is 2.98. The Kier molecular flexibility index (Phi) is 5.07. The largest absolute Gasteiger partial charge is 0.480 e. The number of fused-ring (bicyclic) bond motifs is 2. The van der Waals surface area contributed by atoms with Crippen LogP contribution < -0.4 is 15.6 Å². The van der Waals surface area contributed by atoms with Crippen LogP contribution in [0.5, 0.6) is 5.75 Å². The Morgan fingerprint density at radius 2 is 1.76 bits per heavy atom. The number of ether oxygens (including phenoxy) is 1. The van der Waals surface area contributed by atoms with Gasteiger partial charge in [-0.05, 0) is 30.5 Å². The Morgan fingerprint density at radius 3 is 2.62 bits per heavy atom. The number of hydrogen-bond donors (Lipinski definition) is 1. The van der Waals surface area contributed by atoms with Gasteiger partial charge in [0.2, 0.25) is 5.43 Å². The van der Waals surface area contributed by atoms with Gasteiger partial charge in [0.1, 0.15) is 17.6 Å². The summed E-state index contributed by atoms with van der Waals surface area (Å²) in [6, 6.07) is 20.4. The topological polar surface area (TPSA) is 80.9 Å². The monoisotopic (exact) mass is 386 g/mol. The summed E-state index contributed by atoms with van der Waals surface area (Å²) < 4.78 is 11.2. The molecule has 0 bridgehead atoms. The van der Waals surface area contributed by atoms with E-state index in [0.717, 1.165) is 10.8 Å². The molecule has 0 radical (unpaired) electrons. The van der Waals surface area contributed by atoms with Crippen molar-refractivity contribution in [3.8, 4) is 5.75 Å². The first-order valence-electron chi connectivity index (χ1n) is 9.11. The van der Waals surface area contributed by atoms with Crippen LogP contribution in [0.3, 0.4) is 0 Å². The molecule has 1 N–H and O–H groups in total. The summed E-state index contributed by atoms with van der Waals surface area (Å²) in [6.45, 7) is 1.64. The second-order valence-electron chi connectivity index (χ2n) is 6.49. The van der Waals surface area contributed by atoms with Gasteiger partial charge in [-0.2, -0.15) is 5.10 Å². The second kappa shape index (κ2) is 7.98. The van der Waals surface area contributed by atoms with E-state index in [4.69, 9.17) is 9.15 Å². The van der Waals surface area contributed by atoms with Crippen molar-refractivity contribution in [2.45, 2.75) is 13.0 Å². The number of para-hydroxylation sites is 1. The van der Waals surface area contributed by atoms with E-state index in [0.29, 0.717) is 16.7 Å². The maximum atomic E-state index is 12.4. The number of rotatable bonds is 5. The van der Waals surface area contributed by atoms with Crippen LogP contribution in [0, 0.1) is 0 Å². The average Bonchev–Trinajstić information content (AvgIpc) is 2.75. The maximum absolute atomic E-state index is 12.4. The molecule has 0 spiro atoms. The molecular formula is C23H18N2O4.